The Morgan fingerprint density at radius 1 is 1.50 bits per heavy atom. The van der Waals surface area contributed by atoms with E-state index in [9.17, 15) is 4.79 Å². The molecule has 1 aliphatic carbocycles. The fraction of sp³-hybridized carbons (Fsp3) is 0.571. The fourth-order valence-corrected chi connectivity index (χ4v) is 2.36. The van der Waals surface area contributed by atoms with Gasteiger partial charge in [-0.1, -0.05) is 0 Å². The lowest BCUT2D eigenvalue weighted by molar-refractivity contribution is -0.124. The second-order valence-corrected chi connectivity index (χ2v) is 5.28. The molecule has 3 rings (SSSR count). The number of anilines is 1. The van der Waals surface area contributed by atoms with Crippen LogP contribution < -0.4 is 16.0 Å². The maximum Gasteiger partial charge on any atom is 0.245 e. The fourth-order valence-electron chi connectivity index (χ4n) is 2.36. The van der Waals surface area contributed by atoms with Crippen LogP contribution in [0.15, 0.2) is 18.3 Å². The summed E-state index contributed by atoms with van der Waals surface area (Å²) in [6.45, 7) is 2.18. The Bertz CT molecular complexity index is 473. The van der Waals surface area contributed by atoms with Crippen molar-refractivity contribution in [3.63, 3.8) is 0 Å². The Labute approximate surface area is 118 Å². The van der Waals surface area contributed by atoms with E-state index < -0.39 is 0 Å². The van der Waals surface area contributed by atoms with E-state index >= 15 is 0 Å². The molecule has 6 heteroatoms. The molecule has 1 saturated heterocycles. The number of carbonyl (C=O) groups excluding carboxylic acids is 1. The van der Waals surface area contributed by atoms with Crippen molar-refractivity contribution in [2.75, 3.05) is 24.7 Å². The van der Waals surface area contributed by atoms with Crippen molar-refractivity contribution >= 4 is 11.6 Å². The van der Waals surface area contributed by atoms with Gasteiger partial charge < -0.3 is 20.7 Å². The van der Waals surface area contributed by atoms with Crippen LogP contribution in [0.5, 0.6) is 0 Å². The summed E-state index contributed by atoms with van der Waals surface area (Å²) in [5.41, 5.74) is 7.35. The standard InChI is InChI=1S/C14H20N4O2/c15-7-11-3-4-12(8-16-11)18-5-6-20-9-13(18)14(19)17-10-1-2-10/h3-4,8,10,13H,1-2,5-7,9,15H2,(H,17,19). The van der Waals surface area contributed by atoms with Gasteiger partial charge in [-0.05, 0) is 25.0 Å². The van der Waals surface area contributed by atoms with Gasteiger partial charge in [0.05, 0.1) is 30.8 Å². The Balaban J connectivity index is 1.74. The highest BCUT2D eigenvalue weighted by Gasteiger charge is 2.33. The lowest BCUT2D eigenvalue weighted by Gasteiger charge is -2.36. The highest BCUT2D eigenvalue weighted by Crippen LogP contribution is 2.22. The molecule has 20 heavy (non-hydrogen) atoms. The molecule has 2 heterocycles. The Morgan fingerprint density at radius 2 is 2.35 bits per heavy atom. The minimum Gasteiger partial charge on any atom is -0.377 e. The van der Waals surface area contributed by atoms with Crippen molar-refractivity contribution in [1.82, 2.24) is 10.3 Å². The topological polar surface area (TPSA) is 80.5 Å². The summed E-state index contributed by atoms with van der Waals surface area (Å²) >= 11 is 0. The molecule has 2 fully saturated rings. The first-order valence-electron chi connectivity index (χ1n) is 7.07. The maximum atomic E-state index is 12.3. The Morgan fingerprint density at radius 3 is 3.00 bits per heavy atom. The van der Waals surface area contributed by atoms with Crippen LogP contribution in [0, 0.1) is 0 Å². The van der Waals surface area contributed by atoms with Gasteiger partial charge in [-0.3, -0.25) is 9.78 Å². The lowest BCUT2D eigenvalue weighted by atomic mass is 10.2. The minimum atomic E-state index is -0.269. The van der Waals surface area contributed by atoms with Gasteiger partial charge in [0, 0.05) is 19.1 Å². The van der Waals surface area contributed by atoms with Gasteiger partial charge in [0.15, 0.2) is 0 Å². The van der Waals surface area contributed by atoms with Gasteiger partial charge >= 0.3 is 0 Å². The van der Waals surface area contributed by atoms with Crippen LogP contribution >= 0.6 is 0 Å². The van der Waals surface area contributed by atoms with Crippen molar-refractivity contribution in [3.8, 4) is 0 Å². The number of amides is 1. The first kappa shape index (κ1) is 13.3. The van der Waals surface area contributed by atoms with Crippen molar-refractivity contribution in [1.29, 1.82) is 0 Å². The summed E-state index contributed by atoms with van der Waals surface area (Å²) in [7, 11) is 0. The summed E-state index contributed by atoms with van der Waals surface area (Å²) in [6, 6.07) is 3.97. The molecule has 6 nitrogen and oxygen atoms in total. The maximum absolute atomic E-state index is 12.3. The zero-order chi connectivity index (χ0) is 13.9. The number of nitrogens with one attached hydrogen (secondary N) is 1. The van der Waals surface area contributed by atoms with Gasteiger partial charge in [-0.2, -0.15) is 0 Å². The molecule has 1 aromatic heterocycles. The number of ether oxygens (including phenoxy) is 1. The number of pyridine rings is 1. The van der Waals surface area contributed by atoms with Gasteiger partial charge in [0.25, 0.3) is 0 Å². The van der Waals surface area contributed by atoms with Crippen molar-refractivity contribution < 1.29 is 9.53 Å². The second-order valence-electron chi connectivity index (χ2n) is 5.28. The summed E-state index contributed by atoms with van der Waals surface area (Å²) in [5.74, 6) is 0.0510. The average molecular weight is 276 g/mol. The monoisotopic (exact) mass is 276 g/mol. The highest BCUT2D eigenvalue weighted by molar-refractivity contribution is 5.86. The van der Waals surface area contributed by atoms with Gasteiger partial charge in [-0.15, -0.1) is 0 Å². The molecule has 2 aliphatic rings. The molecule has 1 saturated carbocycles. The number of rotatable bonds is 4. The second kappa shape index (κ2) is 5.76. The smallest absolute Gasteiger partial charge is 0.245 e. The molecule has 0 radical (unpaired) electrons. The zero-order valence-electron chi connectivity index (χ0n) is 11.4. The molecule has 0 spiro atoms. The summed E-state index contributed by atoms with van der Waals surface area (Å²) in [4.78, 5) is 18.6. The highest BCUT2D eigenvalue weighted by atomic mass is 16.5. The third-order valence-corrected chi connectivity index (χ3v) is 3.70. The Hall–Kier alpha value is -1.66. The van der Waals surface area contributed by atoms with Gasteiger partial charge in [0.2, 0.25) is 5.91 Å². The molecule has 108 valence electrons. The number of hydrogen-bond acceptors (Lipinski definition) is 5. The number of morpholine rings is 1. The number of aromatic nitrogens is 1. The van der Waals surface area contributed by atoms with Crippen LogP contribution in [0.2, 0.25) is 0 Å². The molecular weight excluding hydrogens is 256 g/mol. The van der Waals surface area contributed by atoms with Crippen LogP contribution in [0.3, 0.4) is 0 Å². The number of nitrogens with zero attached hydrogens (tertiary/aromatic N) is 2. The quantitative estimate of drug-likeness (QED) is 0.810. The predicted molar refractivity (Wildman–Crippen MR) is 75.2 cm³/mol. The molecule has 0 bridgehead atoms. The number of nitrogens with two attached hydrogens (primary N) is 1. The molecule has 1 unspecified atom stereocenters. The van der Waals surface area contributed by atoms with E-state index in [1.165, 1.54) is 0 Å². The van der Waals surface area contributed by atoms with Crippen LogP contribution in [-0.2, 0) is 16.1 Å². The average Bonchev–Trinajstić information content (AvgIpc) is 3.31. The molecule has 1 atom stereocenters. The molecule has 1 amide bonds. The lowest BCUT2D eigenvalue weighted by Crippen LogP contribution is -2.54. The summed E-state index contributed by atoms with van der Waals surface area (Å²) in [5, 5.41) is 3.04. The first-order chi connectivity index (χ1) is 9.78. The van der Waals surface area contributed by atoms with E-state index in [4.69, 9.17) is 10.5 Å². The molecule has 0 aromatic carbocycles. The predicted octanol–water partition coefficient (Wildman–Crippen LogP) is 0.0241. The van der Waals surface area contributed by atoms with E-state index in [1.807, 2.05) is 12.1 Å². The van der Waals surface area contributed by atoms with Crippen molar-refractivity contribution in [3.05, 3.63) is 24.0 Å². The molecular formula is C14H20N4O2. The van der Waals surface area contributed by atoms with E-state index in [1.54, 1.807) is 6.20 Å². The molecule has 3 N–H and O–H groups in total. The first-order valence-corrected chi connectivity index (χ1v) is 7.07. The van der Waals surface area contributed by atoms with E-state index in [0.29, 0.717) is 32.3 Å². The third-order valence-electron chi connectivity index (χ3n) is 3.70. The van der Waals surface area contributed by atoms with E-state index in [2.05, 4.69) is 15.2 Å². The third kappa shape index (κ3) is 2.91. The normalized spacial score (nSPS) is 22.6. The van der Waals surface area contributed by atoms with E-state index in [-0.39, 0.29) is 11.9 Å². The van der Waals surface area contributed by atoms with Crippen LogP contribution in [0.1, 0.15) is 18.5 Å². The van der Waals surface area contributed by atoms with Crippen molar-refractivity contribution in [2.45, 2.75) is 31.5 Å². The van der Waals surface area contributed by atoms with Crippen molar-refractivity contribution in [2.24, 2.45) is 5.73 Å². The number of hydrogen-bond donors (Lipinski definition) is 2. The van der Waals surface area contributed by atoms with Gasteiger partial charge in [0.1, 0.15) is 6.04 Å². The van der Waals surface area contributed by atoms with Crippen LogP contribution in [0.4, 0.5) is 5.69 Å². The van der Waals surface area contributed by atoms with Gasteiger partial charge in [-0.25, -0.2) is 0 Å². The SMILES string of the molecule is NCc1ccc(N2CCOCC2C(=O)NC2CC2)cn1. The van der Waals surface area contributed by atoms with E-state index in [0.717, 1.165) is 24.2 Å². The molecule has 1 aromatic rings. The zero-order valence-corrected chi connectivity index (χ0v) is 11.4. The van der Waals surface area contributed by atoms with Crippen LogP contribution in [-0.4, -0.2) is 42.7 Å². The summed E-state index contributed by atoms with van der Waals surface area (Å²) in [6.07, 6.45) is 3.96. The Kier molecular flexibility index (Phi) is 3.84. The van der Waals surface area contributed by atoms with Crippen LogP contribution in [0.25, 0.3) is 0 Å². The largest absolute Gasteiger partial charge is 0.377 e. The minimum absolute atomic E-state index is 0.0510. The number of carbonyl (C=O) groups is 1. The molecule has 1 aliphatic heterocycles. The summed E-state index contributed by atoms with van der Waals surface area (Å²) < 4.78 is 5.46.